The molecule has 0 aliphatic rings. The number of furan rings is 1. The molecule has 1 aromatic heterocycles. The maximum Gasteiger partial charge on any atom is 0.0963 e. The lowest BCUT2D eigenvalue weighted by molar-refractivity contribution is -0.0474. The maximum absolute atomic E-state index is 10.2. The Bertz CT molecular complexity index is 239. The Hall–Kier alpha value is -0.760. The van der Waals surface area contributed by atoms with Gasteiger partial charge in [0.15, 0.2) is 0 Å². The minimum absolute atomic E-state index is 0.184. The number of hydrogen-bond acceptors (Lipinski definition) is 2. The van der Waals surface area contributed by atoms with Gasteiger partial charge in [0.1, 0.15) is 0 Å². The summed E-state index contributed by atoms with van der Waals surface area (Å²) in [4.78, 5) is 0. The van der Waals surface area contributed by atoms with E-state index in [2.05, 4.69) is 0 Å². The largest absolute Gasteiger partial charge is 0.472 e. The average molecular weight is 168 g/mol. The highest BCUT2D eigenvalue weighted by molar-refractivity contribution is 5.17. The summed E-state index contributed by atoms with van der Waals surface area (Å²) in [6, 6.07) is 1.80. The standard InChI is InChI=1S/C10H16O2/c1-9(2,3)10(4,11)8-5-6-12-7-8/h5-7,11H,1-4H3. The molecule has 0 saturated heterocycles. The SMILES string of the molecule is CC(C)(C)C(C)(O)c1ccoc1. The van der Waals surface area contributed by atoms with Crippen molar-refractivity contribution in [2.75, 3.05) is 0 Å². The number of hydrogen-bond donors (Lipinski definition) is 1. The first kappa shape index (κ1) is 9.33. The molecule has 0 saturated carbocycles. The summed E-state index contributed by atoms with van der Waals surface area (Å²) in [6.45, 7) is 7.80. The lowest BCUT2D eigenvalue weighted by Crippen LogP contribution is -2.36. The van der Waals surface area contributed by atoms with Crippen LogP contribution in [0.3, 0.4) is 0 Å². The first-order chi connectivity index (χ1) is 5.36. The van der Waals surface area contributed by atoms with Gasteiger partial charge in [-0.3, -0.25) is 0 Å². The third-order valence-electron chi connectivity index (χ3n) is 2.54. The van der Waals surface area contributed by atoms with Gasteiger partial charge in [0.2, 0.25) is 0 Å². The van der Waals surface area contributed by atoms with Crippen LogP contribution >= 0.6 is 0 Å². The molecule has 68 valence electrons. The molecule has 1 heterocycles. The summed E-state index contributed by atoms with van der Waals surface area (Å²) >= 11 is 0. The molecule has 1 atom stereocenters. The Balaban J connectivity index is 3.02. The van der Waals surface area contributed by atoms with Crippen LogP contribution in [0.25, 0.3) is 0 Å². The molecule has 1 unspecified atom stereocenters. The summed E-state index contributed by atoms with van der Waals surface area (Å²) in [7, 11) is 0. The predicted octanol–water partition coefficient (Wildman–Crippen LogP) is 2.53. The van der Waals surface area contributed by atoms with Crippen LogP contribution in [0.1, 0.15) is 33.3 Å². The third kappa shape index (κ3) is 1.39. The molecule has 0 aromatic carbocycles. The van der Waals surface area contributed by atoms with Crippen LogP contribution in [0, 0.1) is 5.41 Å². The van der Waals surface area contributed by atoms with E-state index < -0.39 is 5.60 Å². The Morgan fingerprint density at radius 3 is 2.17 bits per heavy atom. The number of aliphatic hydroxyl groups is 1. The van der Waals surface area contributed by atoms with Gasteiger partial charge in [-0.1, -0.05) is 20.8 Å². The molecule has 2 heteroatoms. The van der Waals surface area contributed by atoms with E-state index in [4.69, 9.17) is 4.42 Å². The quantitative estimate of drug-likeness (QED) is 0.699. The highest BCUT2D eigenvalue weighted by Gasteiger charge is 2.37. The Morgan fingerprint density at radius 1 is 1.25 bits per heavy atom. The molecule has 0 aliphatic heterocycles. The minimum atomic E-state index is -0.833. The summed E-state index contributed by atoms with van der Waals surface area (Å²) < 4.78 is 4.94. The van der Waals surface area contributed by atoms with Gasteiger partial charge >= 0.3 is 0 Å². The Morgan fingerprint density at radius 2 is 1.83 bits per heavy atom. The number of rotatable bonds is 1. The van der Waals surface area contributed by atoms with E-state index in [9.17, 15) is 5.11 Å². The van der Waals surface area contributed by atoms with Crippen LogP contribution in [-0.4, -0.2) is 5.11 Å². The lowest BCUT2D eigenvalue weighted by atomic mass is 9.74. The van der Waals surface area contributed by atoms with Gasteiger partial charge in [0, 0.05) is 5.56 Å². The first-order valence-corrected chi connectivity index (χ1v) is 4.11. The van der Waals surface area contributed by atoms with Crippen LogP contribution in [0.15, 0.2) is 23.0 Å². The molecular weight excluding hydrogens is 152 g/mol. The van der Waals surface area contributed by atoms with Gasteiger partial charge in [-0.15, -0.1) is 0 Å². The van der Waals surface area contributed by atoms with E-state index in [1.807, 2.05) is 20.8 Å². The highest BCUT2D eigenvalue weighted by atomic mass is 16.3. The molecule has 12 heavy (non-hydrogen) atoms. The highest BCUT2D eigenvalue weighted by Crippen LogP contribution is 2.38. The Kier molecular flexibility index (Phi) is 2.04. The molecule has 0 aliphatic carbocycles. The van der Waals surface area contributed by atoms with Crippen molar-refractivity contribution in [3.63, 3.8) is 0 Å². The van der Waals surface area contributed by atoms with Gasteiger partial charge in [-0.25, -0.2) is 0 Å². The zero-order valence-corrected chi connectivity index (χ0v) is 8.09. The molecular formula is C10H16O2. The molecule has 0 spiro atoms. The van der Waals surface area contributed by atoms with Crippen molar-refractivity contribution >= 4 is 0 Å². The van der Waals surface area contributed by atoms with Crippen molar-refractivity contribution in [3.8, 4) is 0 Å². The van der Waals surface area contributed by atoms with Gasteiger partial charge in [0.05, 0.1) is 18.1 Å². The van der Waals surface area contributed by atoms with Crippen LogP contribution in [0.2, 0.25) is 0 Å². The van der Waals surface area contributed by atoms with Crippen molar-refractivity contribution in [2.24, 2.45) is 5.41 Å². The topological polar surface area (TPSA) is 33.4 Å². The van der Waals surface area contributed by atoms with Crippen molar-refractivity contribution in [1.29, 1.82) is 0 Å². The first-order valence-electron chi connectivity index (χ1n) is 4.11. The third-order valence-corrected chi connectivity index (χ3v) is 2.54. The van der Waals surface area contributed by atoms with Crippen molar-refractivity contribution in [2.45, 2.75) is 33.3 Å². The van der Waals surface area contributed by atoms with E-state index in [0.717, 1.165) is 5.56 Å². The van der Waals surface area contributed by atoms with E-state index in [1.165, 1.54) is 0 Å². The summed E-state index contributed by atoms with van der Waals surface area (Å²) in [5, 5.41) is 10.2. The van der Waals surface area contributed by atoms with Crippen molar-refractivity contribution in [3.05, 3.63) is 24.2 Å². The zero-order valence-electron chi connectivity index (χ0n) is 8.09. The molecule has 1 N–H and O–H groups in total. The normalized spacial score (nSPS) is 17.4. The fourth-order valence-corrected chi connectivity index (χ4v) is 0.974. The van der Waals surface area contributed by atoms with Crippen molar-refractivity contribution in [1.82, 2.24) is 0 Å². The van der Waals surface area contributed by atoms with Crippen molar-refractivity contribution < 1.29 is 9.52 Å². The molecule has 0 fully saturated rings. The van der Waals surface area contributed by atoms with Crippen LogP contribution in [0.4, 0.5) is 0 Å². The smallest absolute Gasteiger partial charge is 0.0963 e. The van der Waals surface area contributed by atoms with E-state index in [1.54, 1.807) is 25.5 Å². The molecule has 0 amide bonds. The maximum atomic E-state index is 10.2. The minimum Gasteiger partial charge on any atom is -0.472 e. The van der Waals surface area contributed by atoms with Gasteiger partial charge in [-0.2, -0.15) is 0 Å². The molecule has 0 bridgehead atoms. The van der Waals surface area contributed by atoms with Crippen LogP contribution in [-0.2, 0) is 5.60 Å². The second-order valence-corrected chi connectivity index (χ2v) is 4.33. The fourth-order valence-electron chi connectivity index (χ4n) is 0.974. The monoisotopic (exact) mass is 168 g/mol. The fraction of sp³-hybridized carbons (Fsp3) is 0.600. The van der Waals surface area contributed by atoms with Gasteiger partial charge in [-0.05, 0) is 18.4 Å². The second-order valence-electron chi connectivity index (χ2n) is 4.33. The Labute approximate surface area is 73.2 Å². The van der Waals surface area contributed by atoms with Crippen LogP contribution < -0.4 is 0 Å². The van der Waals surface area contributed by atoms with E-state index in [0.29, 0.717) is 0 Å². The zero-order chi connectivity index (χ0) is 9.41. The van der Waals surface area contributed by atoms with E-state index >= 15 is 0 Å². The molecule has 0 radical (unpaired) electrons. The average Bonchev–Trinajstić information content (AvgIpc) is 2.34. The summed E-state index contributed by atoms with van der Waals surface area (Å²) in [6.07, 6.45) is 3.17. The molecule has 1 aromatic rings. The van der Waals surface area contributed by atoms with E-state index in [-0.39, 0.29) is 5.41 Å². The van der Waals surface area contributed by atoms with Gasteiger partial charge < -0.3 is 9.52 Å². The predicted molar refractivity (Wildman–Crippen MR) is 47.7 cm³/mol. The second kappa shape index (κ2) is 2.63. The summed E-state index contributed by atoms with van der Waals surface area (Å²) in [5.41, 5.74) is -0.188. The molecule has 1 rings (SSSR count). The van der Waals surface area contributed by atoms with Gasteiger partial charge in [0.25, 0.3) is 0 Å². The lowest BCUT2D eigenvalue weighted by Gasteiger charge is -2.36. The molecule has 2 nitrogen and oxygen atoms in total. The summed E-state index contributed by atoms with van der Waals surface area (Å²) in [5.74, 6) is 0. The van der Waals surface area contributed by atoms with Crippen LogP contribution in [0.5, 0.6) is 0 Å².